The average Bonchev–Trinajstić information content (AvgIpc) is 2.82. The minimum Gasteiger partial charge on any atom is -0.497 e. The van der Waals surface area contributed by atoms with Crippen molar-refractivity contribution in [2.45, 2.75) is 6.54 Å². The first-order valence-electron chi connectivity index (χ1n) is 5.60. The molecule has 0 bridgehead atoms. The Balaban J connectivity index is 1.86. The predicted octanol–water partition coefficient (Wildman–Crippen LogP) is 3.37. The lowest BCUT2D eigenvalue weighted by Crippen LogP contribution is -2.27. The number of anilines is 1. The minimum atomic E-state index is -0.329. The average molecular weight is 325 g/mol. The van der Waals surface area contributed by atoms with Crippen LogP contribution in [0.25, 0.3) is 0 Å². The highest BCUT2D eigenvalue weighted by Gasteiger charge is 2.05. The molecule has 2 aromatic rings. The van der Waals surface area contributed by atoms with Crippen LogP contribution in [0.5, 0.6) is 5.75 Å². The van der Waals surface area contributed by atoms with Crippen molar-refractivity contribution in [3.8, 4) is 5.75 Å². The summed E-state index contributed by atoms with van der Waals surface area (Å²) in [5.41, 5.74) is 0.954. The summed E-state index contributed by atoms with van der Waals surface area (Å²) in [5.74, 6) is 1.14. The predicted molar refractivity (Wildman–Crippen MR) is 75.3 cm³/mol. The van der Waals surface area contributed by atoms with Gasteiger partial charge in [-0.25, -0.2) is 4.79 Å². The molecule has 2 N–H and O–H groups in total. The minimum absolute atomic E-state index is 0.329. The fourth-order valence-corrected chi connectivity index (χ4v) is 1.81. The second-order valence-corrected chi connectivity index (χ2v) is 4.54. The van der Waals surface area contributed by atoms with Crippen LogP contribution >= 0.6 is 15.9 Å². The first-order chi connectivity index (χ1) is 9.17. The highest BCUT2D eigenvalue weighted by Crippen LogP contribution is 2.18. The van der Waals surface area contributed by atoms with Crippen molar-refractivity contribution in [3.05, 3.63) is 46.6 Å². The van der Waals surface area contributed by atoms with Gasteiger partial charge in [-0.05, 0) is 39.7 Å². The summed E-state index contributed by atoms with van der Waals surface area (Å²) >= 11 is 3.16. The lowest BCUT2D eigenvalue weighted by atomic mass is 10.2. The molecule has 5 nitrogen and oxygen atoms in total. The van der Waals surface area contributed by atoms with Gasteiger partial charge in [-0.15, -0.1) is 0 Å². The number of urea groups is 1. The molecule has 0 aliphatic heterocycles. The van der Waals surface area contributed by atoms with E-state index in [1.54, 1.807) is 19.2 Å². The van der Waals surface area contributed by atoms with Crippen LogP contribution in [-0.4, -0.2) is 13.1 Å². The number of benzene rings is 1. The van der Waals surface area contributed by atoms with Crippen LogP contribution in [0, 0.1) is 0 Å². The molecule has 0 radical (unpaired) electrons. The molecule has 1 aromatic carbocycles. The molecule has 19 heavy (non-hydrogen) atoms. The summed E-state index contributed by atoms with van der Waals surface area (Å²) in [7, 11) is 1.61. The second kappa shape index (κ2) is 6.29. The maximum absolute atomic E-state index is 11.6. The number of nitrogens with one attached hydrogen (secondary N) is 2. The number of furan rings is 1. The van der Waals surface area contributed by atoms with Gasteiger partial charge >= 0.3 is 6.03 Å². The SMILES string of the molecule is COc1cccc(CNC(=O)Nc2ccc(Br)o2)c1. The maximum atomic E-state index is 11.6. The molecule has 0 fully saturated rings. The van der Waals surface area contributed by atoms with Gasteiger partial charge in [0.2, 0.25) is 5.88 Å². The number of hydrogen-bond donors (Lipinski definition) is 2. The fraction of sp³-hybridized carbons (Fsp3) is 0.154. The van der Waals surface area contributed by atoms with E-state index in [1.807, 2.05) is 24.3 Å². The molecule has 1 aromatic heterocycles. The highest BCUT2D eigenvalue weighted by molar-refractivity contribution is 9.10. The van der Waals surface area contributed by atoms with Crippen molar-refractivity contribution in [1.82, 2.24) is 5.32 Å². The zero-order chi connectivity index (χ0) is 13.7. The molecule has 0 saturated carbocycles. The number of ether oxygens (including phenoxy) is 1. The number of rotatable bonds is 4. The molecule has 0 unspecified atom stereocenters. The van der Waals surface area contributed by atoms with Gasteiger partial charge in [-0.2, -0.15) is 0 Å². The van der Waals surface area contributed by atoms with Crippen LogP contribution in [0.4, 0.5) is 10.7 Å². The van der Waals surface area contributed by atoms with E-state index in [0.29, 0.717) is 17.1 Å². The quantitative estimate of drug-likeness (QED) is 0.906. The van der Waals surface area contributed by atoms with Gasteiger partial charge in [0.05, 0.1) is 7.11 Å². The lowest BCUT2D eigenvalue weighted by Gasteiger charge is -2.07. The zero-order valence-corrected chi connectivity index (χ0v) is 11.9. The molecule has 0 atom stereocenters. The van der Waals surface area contributed by atoms with Crippen molar-refractivity contribution < 1.29 is 13.9 Å². The molecule has 6 heteroatoms. The normalized spacial score (nSPS) is 10.0. The van der Waals surface area contributed by atoms with Gasteiger partial charge in [-0.3, -0.25) is 5.32 Å². The Morgan fingerprint density at radius 1 is 1.37 bits per heavy atom. The summed E-state index contributed by atoms with van der Waals surface area (Å²) in [6, 6.07) is 10.5. The largest absolute Gasteiger partial charge is 0.497 e. The first-order valence-corrected chi connectivity index (χ1v) is 6.40. The number of halogens is 1. The maximum Gasteiger partial charge on any atom is 0.321 e. The van der Waals surface area contributed by atoms with E-state index in [1.165, 1.54) is 0 Å². The number of hydrogen-bond acceptors (Lipinski definition) is 3. The molecule has 2 rings (SSSR count). The van der Waals surface area contributed by atoms with Gasteiger partial charge in [0.1, 0.15) is 5.75 Å². The third-order valence-electron chi connectivity index (χ3n) is 2.40. The summed E-state index contributed by atoms with van der Waals surface area (Å²) in [6.07, 6.45) is 0. The summed E-state index contributed by atoms with van der Waals surface area (Å²) in [5, 5.41) is 5.31. The molecule has 100 valence electrons. The Bertz CT molecular complexity index is 569. The van der Waals surface area contributed by atoms with Crippen molar-refractivity contribution in [3.63, 3.8) is 0 Å². The molecule has 1 heterocycles. The van der Waals surface area contributed by atoms with Crippen LogP contribution in [0.15, 0.2) is 45.5 Å². The van der Waals surface area contributed by atoms with Gasteiger partial charge in [0.15, 0.2) is 4.67 Å². The number of carbonyl (C=O) groups excluding carboxylic acids is 1. The van der Waals surface area contributed by atoms with Gasteiger partial charge in [0.25, 0.3) is 0 Å². The fourth-order valence-electron chi connectivity index (χ4n) is 1.50. The molecule has 0 saturated heterocycles. The van der Waals surface area contributed by atoms with Gasteiger partial charge in [-0.1, -0.05) is 12.1 Å². The number of carbonyl (C=O) groups is 1. The van der Waals surface area contributed by atoms with E-state index in [2.05, 4.69) is 26.6 Å². The van der Waals surface area contributed by atoms with Crippen molar-refractivity contribution in [2.75, 3.05) is 12.4 Å². The topological polar surface area (TPSA) is 63.5 Å². The molecule has 0 aliphatic carbocycles. The summed E-state index contributed by atoms with van der Waals surface area (Å²) in [4.78, 5) is 11.6. The smallest absolute Gasteiger partial charge is 0.321 e. The molecule has 0 aliphatic rings. The number of methoxy groups -OCH3 is 1. The molecule has 0 spiro atoms. The van der Waals surface area contributed by atoms with Crippen LogP contribution in [0.3, 0.4) is 0 Å². The third kappa shape index (κ3) is 4.03. The van der Waals surface area contributed by atoms with Crippen molar-refractivity contribution in [1.29, 1.82) is 0 Å². The van der Waals surface area contributed by atoms with Crippen LogP contribution in [0.1, 0.15) is 5.56 Å². The molecular formula is C13H13BrN2O3. The Hall–Kier alpha value is -1.95. The van der Waals surface area contributed by atoms with Crippen LogP contribution in [0.2, 0.25) is 0 Å². The van der Waals surface area contributed by atoms with Crippen molar-refractivity contribution >= 4 is 27.8 Å². The van der Waals surface area contributed by atoms with E-state index in [9.17, 15) is 4.79 Å². The first kappa shape index (κ1) is 13.5. The third-order valence-corrected chi connectivity index (χ3v) is 2.82. The molecular weight excluding hydrogens is 312 g/mol. The number of amides is 2. The molecule has 2 amide bonds. The Morgan fingerprint density at radius 2 is 2.21 bits per heavy atom. The van der Waals surface area contributed by atoms with Crippen molar-refractivity contribution in [2.24, 2.45) is 0 Å². The Labute approximate surface area is 119 Å². The Morgan fingerprint density at radius 3 is 2.89 bits per heavy atom. The summed E-state index contributed by atoms with van der Waals surface area (Å²) in [6.45, 7) is 0.408. The van der Waals surface area contributed by atoms with E-state index >= 15 is 0 Å². The van der Waals surface area contributed by atoms with Crippen LogP contribution < -0.4 is 15.4 Å². The zero-order valence-electron chi connectivity index (χ0n) is 10.3. The van der Waals surface area contributed by atoms with Gasteiger partial charge in [0, 0.05) is 12.6 Å². The summed E-state index contributed by atoms with van der Waals surface area (Å²) < 4.78 is 10.8. The van der Waals surface area contributed by atoms with Gasteiger partial charge < -0.3 is 14.5 Å². The monoisotopic (exact) mass is 324 g/mol. The highest BCUT2D eigenvalue weighted by atomic mass is 79.9. The van der Waals surface area contributed by atoms with Crippen LogP contribution in [-0.2, 0) is 6.54 Å². The second-order valence-electron chi connectivity index (χ2n) is 3.76. The Kier molecular flexibility index (Phi) is 4.46. The standard InChI is InChI=1S/C13H13BrN2O3/c1-18-10-4-2-3-9(7-10)8-15-13(17)16-12-6-5-11(14)19-12/h2-7H,8H2,1H3,(H2,15,16,17). The van der Waals surface area contributed by atoms with E-state index < -0.39 is 0 Å². The lowest BCUT2D eigenvalue weighted by molar-refractivity contribution is 0.251. The van der Waals surface area contributed by atoms with E-state index in [4.69, 9.17) is 9.15 Å². The van der Waals surface area contributed by atoms with E-state index in [0.717, 1.165) is 11.3 Å². The van der Waals surface area contributed by atoms with E-state index in [-0.39, 0.29) is 6.03 Å².